The number of carbonyl (C=O) groups excluding carboxylic acids is 1. The third-order valence-corrected chi connectivity index (χ3v) is 4.87. The molecule has 2 heterocycles. The predicted molar refractivity (Wildman–Crippen MR) is 108 cm³/mol. The van der Waals surface area contributed by atoms with Crippen molar-refractivity contribution in [3.63, 3.8) is 0 Å². The molecule has 150 valence electrons. The molecule has 1 unspecified atom stereocenters. The summed E-state index contributed by atoms with van der Waals surface area (Å²) in [5.74, 6) is 0.986. The van der Waals surface area contributed by atoms with Crippen LogP contribution in [0.5, 0.6) is 0 Å². The normalized spacial score (nSPS) is 17.2. The Morgan fingerprint density at radius 2 is 1.93 bits per heavy atom. The number of benzene rings is 2. The third-order valence-electron chi connectivity index (χ3n) is 4.87. The number of amides is 1. The lowest BCUT2D eigenvalue weighted by Gasteiger charge is -2.31. The Morgan fingerprint density at radius 3 is 2.69 bits per heavy atom. The zero-order chi connectivity index (χ0) is 20.1. The Hall–Kier alpha value is -3.03. The molecule has 0 aliphatic carbocycles. The van der Waals surface area contributed by atoms with Gasteiger partial charge in [-0.1, -0.05) is 47.6 Å². The first-order valence-corrected chi connectivity index (χ1v) is 9.72. The molecule has 1 fully saturated rings. The number of hydrogen-bond donors (Lipinski definition) is 1. The van der Waals surface area contributed by atoms with Crippen molar-refractivity contribution in [2.75, 3.05) is 19.7 Å². The first-order valence-electron chi connectivity index (χ1n) is 9.72. The van der Waals surface area contributed by atoms with E-state index in [0.29, 0.717) is 24.9 Å². The second-order valence-electron chi connectivity index (χ2n) is 7.14. The summed E-state index contributed by atoms with van der Waals surface area (Å²) >= 11 is 0. The lowest BCUT2D eigenvalue weighted by molar-refractivity contribution is -0.119. The number of hydrogen-bond acceptors (Lipinski definition) is 6. The van der Waals surface area contributed by atoms with Crippen LogP contribution in [0, 0.1) is 0 Å². The van der Waals surface area contributed by atoms with Crippen LogP contribution in [0.1, 0.15) is 30.0 Å². The van der Waals surface area contributed by atoms with E-state index in [9.17, 15) is 4.79 Å². The van der Waals surface area contributed by atoms with Gasteiger partial charge in [-0.25, -0.2) is 0 Å². The smallest absolute Gasteiger partial charge is 0.258 e. The molecule has 1 aromatic heterocycles. The molecule has 2 aromatic carbocycles. The van der Waals surface area contributed by atoms with Gasteiger partial charge in [-0.3, -0.25) is 9.69 Å². The molecule has 7 nitrogen and oxygen atoms in total. The second-order valence-corrected chi connectivity index (χ2v) is 7.14. The van der Waals surface area contributed by atoms with E-state index in [1.54, 1.807) is 0 Å². The van der Waals surface area contributed by atoms with Gasteiger partial charge in [0.15, 0.2) is 0 Å². The Labute approximate surface area is 169 Å². The molecular formula is C22H24N4O3. The largest absolute Gasteiger partial charge is 0.367 e. The molecule has 1 aliphatic rings. The van der Waals surface area contributed by atoms with Gasteiger partial charge in [-0.15, -0.1) is 0 Å². The maximum Gasteiger partial charge on any atom is 0.258 e. The van der Waals surface area contributed by atoms with Crippen molar-refractivity contribution < 1.29 is 14.1 Å². The number of rotatable bonds is 6. The van der Waals surface area contributed by atoms with Crippen molar-refractivity contribution in [3.8, 4) is 11.5 Å². The minimum absolute atomic E-state index is 0.0515. The monoisotopic (exact) mass is 392 g/mol. The van der Waals surface area contributed by atoms with Crippen molar-refractivity contribution in [1.82, 2.24) is 20.4 Å². The maximum absolute atomic E-state index is 11.0. The molecule has 1 amide bonds. The minimum atomic E-state index is -0.205. The lowest BCUT2D eigenvalue weighted by Crippen LogP contribution is -2.38. The highest BCUT2D eigenvalue weighted by molar-refractivity contribution is 5.72. The summed E-state index contributed by atoms with van der Waals surface area (Å²) in [7, 11) is 0. The van der Waals surface area contributed by atoms with Crippen molar-refractivity contribution >= 4 is 5.91 Å². The summed E-state index contributed by atoms with van der Waals surface area (Å²) in [6.45, 7) is 5.12. The van der Waals surface area contributed by atoms with Gasteiger partial charge in [-0.05, 0) is 23.3 Å². The van der Waals surface area contributed by atoms with Crippen LogP contribution in [0.4, 0.5) is 0 Å². The van der Waals surface area contributed by atoms with Gasteiger partial charge < -0.3 is 14.6 Å². The summed E-state index contributed by atoms with van der Waals surface area (Å²) in [4.78, 5) is 17.9. The summed E-state index contributed by atoms with van der Waals surface area (Å²) in [6.07, 6.45) is -0.205. The van der Waals surface area contributed by atoms with E-state index in [1.807, 2.05) is 30.3 Å². The highest BCUT2D eigenvalue weighted by atomic mass is 16.5. The second kappa shape index (κ2) is 8.98. The van der Waals surface area contributed by atoms with Crippen LogP contribution in [0.15, 0.2) is 59.1 Å². The fourth-order valence-electron chi connectivity index (χ4n) is 3.32. The average Bonchev–Trinajstić information content (AvgIpc) is 3.24. The van der Waals surface area contributed by atoms with Crippen LogP contribution in [0.25, 0.3) is 11.5 Å². The quantitative estimate of drug-likeness (QED) is 0.695. The number of nitrogens with one attached hydrogen (secondary N) is 1. The molecule has 1 saturated heterocycles. The Kier molecular flexibility index (Phi) is 5.97. The van der Waals surface area contributed by atoms with E-state index >= 15 is 0 Å². The van der Waals surface area contributed by atoms with Gasteiger partial charge in [0.25, 0.3) is 5.89 Å². The maximum atomic E-state index is 11.0. The van der Waals surface area contributed by atoms with Gasteiger partial charge in [-0.2, -0.15) is 4.98 Å². The number of nitrogens with zero attached hydrogens (tertiary/aromatic N) is 3. The number of aromatic nitrogens is 2. The van der Waals surface area contributed by atoms with E-state index in [4.69, 9.17) is 9.26 Å². The van der Waals surface area contributed by atoms with E-state index in [-0.39, 0.29) is 12.0 Å². The summed E-state index contributed by atoms with van der Waals surface area (Å²) < 4.78 is 11.4. The molecule has 1 aliphatic heterocycles. The fourth-order valence-corrected chi connectivity index (χ4v) is 3.32. The first-order chi connectivity index (χ1) is 14.2. The Morgan fingerprint density at radius 1 is 1.14 bits per heavy atom. The standard InChI is InChI=1S/C22H24N4O3/c1-16(27)23-13-17-7-9-19(10-8-17)22-24-21(25-29-22)20-15-26(11-12-28-20)14-18-5-3-2-4-6-18/h2-10,20H,11-15H2,1H3,(H,23,27). The summed E-state index contributed by atoms with van der Waals surface area (Å²) in [5.41, 5.74) is 3.13. The van der Waals surface area contributed by atoms with Crippen LogP contribution in [-0.2, 0) is 22.6 Å². The molecule has 7 heteroatoms. The summed E-state index contributed by atoms with van der Waals surface area (Å²) in [5, 5.41) is 6.92. The molecule has 4 rings (SSSR count). The number of morpholine rings is 1. The molecule has 0 bridgehead atoms. The zero-order valence-electron chi connectivity index (χ0n) is 16.4. The minimum Gasteiger partial charge on any atom is -0.367 e. The van der Waals surface area contributed by atoms with Crippen LogP contribution >= 0.6 is 0 Å². The Balaban J connectivity index is 1.39. The van der Waals surface area contributed by atoms with Gasteiger partial charge in [0, 0.05) is 38.7 Å². The highest BCUT2D eigenvalue weighted by Crippen LogP contribution is 2.24. The molecular weight excluding hydrogens is 368 g/mol. The van der Waals surface area contributed by atoms with Gasteiger partial charge in [0.1, 0.15) is 6.10 Å². The van der Waals surface area contributed by atoms with Crippen LogP contribution in [0.3, 0.4) is 0 Å². The topological polar surface area (TPSA) is 80.5 Å². The van der Waals surface area contributed by atoms with Crippen molar-refractivity contribution in [1.29, 1.82) is 0 Å². The third kappa shape index (κ3) is 5.07. The van der Waals surface area contributed by atoms with E-state index in [2.05, 4.69) is 44.6 Å². The van der Waals surface area contributed by atoms with E-state index in [0.717, 1.165) is 30.8 Å². The molecule has 0 spiro atoms. The van der Waals surface area contributed by atoms with Crippen LogP contribution in [0.2, 0.25) is 0 Å². The SMILES string of the molecule is CC(=O)NCc1ccc(-c2nc(C3CN(Cc4ccccc4)CCO3)no2)cc1. The fraction of sp³-hybridized carbons (Fsp3) is 0.318. The van der Waals surface area contributed by atoms with Crippen LogP contribution in [-0.4, -0.2) is 40.6 Å². The van der Waals surface area contributed by atoms with Crippen LogP contribution < -0.4 is 5.32 Å². The predicted octanol–water partition coefficient (Wildman–Crippen LogP) is 2.95. The number of carbonyl (C=O) groups is 1. The van der Waals surface area contributed by atoms with E-state index in [1.165, 1.54) is 12.5 Å². The highest BCUT2D eigenvalue weighted by Gasteiger charge is 2.26. The summed E-state index contributed by atoms with van der Waals surface area (Å²) in [6, 6.07) is 18.1. The molecule has 3 aromatic rings. The van der Waals surface area contributed by atoms with E-state index < -0.39 is 0 Å². The molecule has 0 saturated carbocycles. The first kappa shape index (κ1) is 19.3. The van der Waals surface area contributed by atoms with Gasteiger partial charge in [0.05, 0.1) is 6.61 Å². The molecule has 0 radical (unpaired) electrons. The van der Waals surface area contributed by atoms with Crippen molar-refractivity contribution in [2.24, 2.45) is 0 Å². The van der Waals surface area contributed by atoms with Crippen molar-refractivity contribution in [2.45, 2.75) is 26.1 Å². The lowest BCUT2D eigenvalue weighted by atomic mass is 10.1. The number of ether oxygens (including phenoxy) is 1. The average molecular weight is 392 g/mol. The molecule has 1 N–H and O–H groups in total. The Bertz CT molecular complexity index is 940. The molecule has 29 heavy (non-hydrogen) atoms. The molecule has 1 atom stereocenters. The van der Waals surface area contributed by atoms with Crippen molar-refractivity contribution in [3.05, 3.63) is 71.5 Å². The zero-order valence-corrected chi connectivity index (χ0v) is 16.4. The van der Waals surface area contributed by atoms with Gasteiger partial charge >= 0.3 is 0 Å². The van der Waals surface area contributed by atoms with Gasteiger partial charge in [0.2, 0.25) is 11.7 Å².